The van der Waals surface area contributed by atoms with Gasteiger partial charge in [0.25, 0.3) is 0 Å². The van der Waals surface area contributed by atoms with Crippen LogP contribution in [0.3, 0.4) is 0 Å². The first-order chi connectivity index (χ1) is 11.6. The van der Waals surface area contributed by atoms with Crippen LogP contribution in [0.4, 0.5) is 0 Å². The third kappa shape index (κ3) is 3.50. The summed E-state index contributed by atoms with van der Waals surface area (Å²) >= 11 is 0. The fourth-order valence-electron chi connectivity index (χ4n) is 2.89. The van der Waals surface area contributed by atoms with Gasteiger partial charge in [0.05, 0.1) is 0 Å². The quantitative estimate of drug-likeness (QED) is 0.869. The average molecular weight is 327 g/mol. The Balaban J connectivity index is 1.81. The molecule has 1 aliphatic carbocycles. The summed E-state index contributed by atoms with van der Waals surface area (Å²) in [4.78, 5) is 16.9. The maximum absolute atomic E-state index is 12.3. The first-order valence-corrected chi connectivity index (χ1v) is 8.79. The molecule has 1 aliphatic rings. The van der Waals surface area contributed by atoms with Gasteiger partial charge in [0.15, 0.2) is 0 Å². The number of aryl methyl sites for hydroxylation is 1. The summed E-state index contributed by atoms with van der Waals surface area (Å²) < 4.78 is 5.50. The zero-order valence-corrected chi connectivity index (χ0v) is 14.6. The molecule has 0 aliphatic heterocycles. The third-order valence-electron chi connectivity index (χ3n) is 4.97. The van der Waals surface area contributed by atoms with Gasteiger partial charge >= 0.3 is 0 Å². The highest BCUT2D eigenvalue weighted by molar-refractivity contribution is 5.79. The molecule has 5 nitrogen and oxygen atoms in total. The summed E-state index contributed by atoms with van der Waals surface area (Å²) in [5, 5.41) is 7.24. The molecule has 2 aromatic rings. The zero-order chi connectivity index (χ0) is 17.1. The van der Waals surface area contributed by atoms with Gasteiger partial charge in [-0.1, -0.05) is 55.6 Å². The van der Waals surface area contributed by atoms with Gasteiger partial charge < -0.3 is 9.84 Å². The van der Waals surface area contributed by atoms with Crippen molar-refractivity contribution in [2.45, 2.75) is 52.5 Å². The highest BCUT2D eigenvalue weighted by Crippen LogP contribution is 2.30. The highest BCUT2D eigenvalue weighted by Gasteiger charge is 2.31. The molecule has 5 heteroatoms. The van der Waals surface area contributed by atoms with Crippen LogP contribution >= 0.6 is 0 Å². The van der Waals surface area contributed by atoms with Crippen LogP contribution in [0, 0.1) is 18.8 Å². The number of carbonyl (C=O) groups excluding carboxylic acids is 1. The Morgan fingerprint density at radius 1 is 1.42 bits per heavy atom. The van der Waals surface area contributed by atoms with Crippen molar-refractivity contribution < 1.29 is 9.32 Å². The molecule has 1 aromatic heterocycles. The van der Waals surface area contributed by atoms with E-state index in [1.807, 2.05) is 31.2 Å². The lowest BCUT2D eigenvalue weighted by Crippen LogP contribution is -2.39. The van der Waals surface area contributed by atoms with Gasteiger partial charge in [-0.25, -0.2) is 0 Å². The maximum atomic E-state index is 12.3. The molecule has 1 N–H and O–H groups in total. The molecule has 0 unspecified atom stereocenters. The average Bonchev–Trinajstić information content (AvgIpc) is 3.00. The molecule has 1 amide bonds. The van der Waals surface area contributed by atoms with E-state index in [1.54, 1.807) is 0 Å². The van der Waals surface area contributed by atoms with Gasteiger partial charge in [-0.05, 0) is 31.7 Å². The van der Waals surface area contributed by atoms with Gasteiger partial charge in [-0.15, -0.1) is 0 Å². The Labute approximate surface area is 142 Å². The number of nitrogens with zero attached hydrogens (tertiary/aromatic N) is 2. The lowest BCUT2D eigenvalue weighted by atomic mass is 9.84. The smallest absolute Gasteiger partial charge is 0.249 e. The predicted molar refractivity (Wildman–Crippen MR) is 92.2 cm³/mol. The molecule has 3 rings (SSSR count). The normalized spacial score (nSPS) is 17.1. The van der Waals surface area contributed by atoms with E-state index in [0.717, 1.165) is 36.8 Å². The molecule has 2 atom stereocenters. The number of carbonyl (C=O) groups is 1. The predicted octanol–water partition coefficient (Wildman–Crippen LogP) is 4.05. The Morgan fingerprint density at radius 2 is 2.21 bits per heavy atom. The molecular weight excluding hydrogens is 302 g/mol. The lowest BCUT2D eigenvalue weighted by molar-refractivity contribution is -0.128. The van der Waals surface area contributed by atoms with Gasteiger partial charge in [0.1, 0.15) is 6.04 Å². The third-order valence-corrected chi connectivity index (χ3v) is 4.97. The summed E-state index contributed by atoms with van der Waals surface area (Å²) in [5.41, 5.74) is 2.08. The van der Waals surface area contributed by atoms with Crippen molar-refractivity contribution in [2.24, 2.45) is 11.8 Å². The number of aromatic nitrogens is 2. The minimum absolute atomic E-state index is 0.113. The Hall–Kier alpha value is -2.17. The van der Waals surface area contributed by atoms with Crippen LogP contribution in [-0.2, 0) is 4.79 Å². The zero-order valence-electron chi connectivity index (χ0n) is 14.6. The lowest BCUT2D eigenvalue weighted by Gasteiger charge is -2.28. The van der Waals surface area contributed by atoms with Gasteiger partial charge in [0, 0.05) is 11.5 Å². The molecule has 0 radical (unpaired) electrons. The number of hydrogen-bond donors (Lipinski definition) is 1. The van der Waals surface area contributed by atoms with Crippen molar-refractivity contribution in [1.29, 1.82) is 0 Å². The van der Waals surface area contributed by atoms with Crippen molar-refractivity contribution in [1.82, 2.24) is 15.5 Å². The number of hydrogen-bond acceptors (Lipinski definition) is 4. The van der Waals surface area contributed by atoms with E-state index in [1.165, 1.54) is 0 Å². The highest BCUT2D eigenvalue weighted by atomic mass is 16.5. The van der Waals surface area contributed by atoms with Crippen LogP contribution in [0.15, 0.2) is 28.8 Å². The molecule has 1 saturated carbocycles. The van der Waals surface area contributed by atoms with Crippen molar-refractivity contribution in [3.8, 4) is 11.4 Å². The minimum atomic E-state index is -0.228. The summed E-state index contributed by atoms with van der Waals surface area (Å²) in [7, 11) is 0. The van der Waals surface area contributed by atoms with Gasteiger partial charge in [-0.3, -0.25) is 4.79 Å². The molecule has 1 heterocycles. The monoisotopic (exact) mass is 327 g/mol. The van der Waals surface area contributed by atoms with Crippen LogP contribution < -0.4 is 5.32 Å². The fourth-order valence-corrected chi connectivity index (χ4v) is 2.89. The summed E-state index contributed by atoms with van der Waals surface area (Å²) in [6.45, 7) is 6.23. The van der Waals surface area contributed by atoms with E-state index < -0.39 is 0 Å². The Morgan fingerprint density at radius 3 is 2.83 bits per heavy atom. The molecule has 128 valence electrons. The second-order valence-electron chi connectivity index (χ2n) is 6.83. The summed E-state index contributed by atoms with van der Waals surface area (Å²) in [6, 6.07) is 7.78. The Bertz CT molecular complexity index is 706. The molecule has 1 aromatic carbocycles. The van der Waals surface area contributed by atoms with E-state index in [9.17, 15) is 4.79 Å². The van der Waals surface area contributed by atoms with Crippen molar-refractivity contribution in [3.63, 3.8) is 0 Å². The van der Waals surface area contributed by atoms with E-state index >= 15 is 0 Å². The molecule has 1 fully saturated rings. The van der Waals surface area contributed by atoms with Gasteiger partial charge in [-0.2, -0.15) is 4.98 Å². The Kier molecular flexibility index (Phi) is 4.97. The maximum Gasteiger partial charge on any atom is 0.249 e. The van der Waals surface area contributed by atoms with Gasteiger partial charge in [0.2, 0.25) is 17.6 Å². The molecule has 0 saturated heterocycles. The first-order valence-electron chi connectivity index (χ1n) is 8.79. The van der Waals surface area contributed by atoms with Crippen LogP contribution in [-0.4, -0.2) is 16.0 Å². The SMILES string of the molecule is CC[C@H](C)[C@@H](NC(=O)C1CCC1)c1nc(-c2cccc(C)c2)no1. The molecule has 0 bridgehead atoms. The van der Waals surface area contributed by atoms with Crippen LogP contribution in [0.25, 0.3) is 11.4 Å². The summed E-state index contributed by atoms with van der Waals surface area (Å²) in [6.07, 6.45) is 4.04. The largest absolute Gasteiger partial charge is 0.344 e. The summed E-state index contributed by atoms with van der Waals surface area (Å²) in [5.74, 6) is 1.56. The molecule has 24 heavy (non-hydrogen) atoms. The second-order valence-corrected chi connectivity index (χ2v) is 6.83. The van der Waals surface area contributed by atoms with Crippen LogP contribution in [0.1, 0.15) is 57.0 Å². The van der Waals surface area contributed by atoms with Crippen LogP contribution in [0.2, 0.25) is 0 Å². The van der Waals surface area contributed by atoms with Crippen molar-refractivity contribution in [2.75, 3.05) is 0 Å². The number of rotatable bonds is 6. The minimum Gasteiger partial charge on any atom is -0.344 e. The van der Waals surface area contributed by atoms with E-state index in [4.69, 9.17) is 4.52 Å². The topological polar surface area (TPSA) is 68.0 Å². The molecule has 0 spiro atoms. The number of benzene rings is 1. The van der Waals surface area contributed by atoms with E-state index in [2.05, 4.69) is 29.3 Å². The number of nitrogens with one attached hydrogen (secondary N) is 1. The fraction of sp³-hybridized carbons (Fsp3) is 0.526. The van der Waals surface area contributed by atoms with Crippen molar-refractivity contribution >= 4 is 5.91 Å². The van der Waals surface area contributed by atoms with E-state index in [0.29, 0.717) is 11.7 Å². The standard InChI is InChI=1S/C19H25N3O2/c1-4-13(3)16(20-18(23)14-8-6-9-14)19-21-17(22-24-19)15-10-5-7-12(2)11-15/h5,7,10-11,13-14,16H,4,6,8-9H2,1-3H3,(H,20,23)/t13-,16+/m0/s1. The molecular formula is C19H25N3O2. The second kappa shape index (κ2) is 7.16. The van der Waals surface area contributed by atoms with E-state index in [-0.39, 0.29) is 23.8 Å². The first kappa shape index (κ1) is 16.7. The van der Waals surface area contributed by atoms with Crippen LogP contribution in [0.5, 0.6) is 0 Å². The number of amides is 1. The van der Waals surface area contributed by atoms with Crippen molar-refractivity contribution in [3.05, 3.63) is 35.7 Å².